The Morgan fingerprint density at radius 1 is 1.30 bits per heavy atom. The van der Waals surface area contributed by atoms with Gasteiger partial charge < -0.3 is 10.6 Å². The van der Waals surface area contributed by atoms with Crippen molar-refractivity contribution in [1.29, 1.82) is 0 Å². The van der Waals surface area contributed by atoms with Crippen LogP contribution in [0.1, 0.15) is 56.7 Å². The molecule has 4 rings (SSSR count). The second-order valence-electron chi connectivity index (χ2n) is 8.37. The van der Waals surface area contributed by atoms with Gasteiger partial charge in [-0.15, -0.1) is 11.3 Å². The Morgan fingerprint density at radius 2 is 2.04 bits per heavy atom. The topological polar surface area (TPSA) is 46.3 Å². The zero-order chi connectivity index (χ0) is 16.1. The molecule has 0 radical (unpaired) electrons. The van der Waals surface area contributed by atoms with Gasteiger partial charge in [-0.2, -0.15) is 0 Å². The summed E-state index contributed by atoms with van der Waals surface area (Å²) in [7, 11) is 0. The Hall–Kier alpha value is -0.870. The van der Waals surface area contributed by atoms with Crippen molar-refractivity contribution in [2.24, 2.45) is 17.1 Å². The van der Waals surface area contributed by atoms with E-state index in [1.54, 1.807) is 0 Å². The molecule has 3 nitrogen and oxygen atoms in total. The molecule has 3 fully saturated rings. The van der Waals surface area contributed by atoms with E-state index in [-0.39, 0.29) is 22.8 Å². The van der Waals surface area contributed by atoms with Crippen LogP contribution in [0.25, 0.3) is 0 Å². The van der Waals surface area contributed by atoms with Gasteiger partial charge in [0.1, 0.15) is 0 Å². The van der Waals surface area contributed by atoms with E-state index in [2.05, 4.69) is 29.3 Å². The number of rotatable bonds is 4. The van der Waals surface area contributed by atoms with Crippen LogP contribution >= 0.6 is 11.3 Å². The van der Waals surface area contributed by atoms with Crippen molar-refractivity contribution in [3.05, 3.63) is 22.4 Å². The molecule has 1 spiro atoms. The smallest absolute Gasteiger partial charge is 0.240 e. The van der Waals surface area contributed by atoms with Crippen molar-refractivity contribution >= 4 is 17.2 Å². The molecule has 23 heavy (non-hydrogen) atoms. The molecule has 2 heterocycles. The van der Waals surface area contributed by atoms with Crippen LogP contribution in [-0.4, -0.2) is 29.9 Å². The summed E-state index contributed by atoms with van der Waals surface area (Å²) < 4.78 is 0. The molecule has 4 heteroatoms. The maximum absolute atomic E-state index is 12.6. The molecule has 2 N–H and O–H groups in total. The molecule has 0 aromatic carbocycles. The van der Waals surface area contributed by atoms with Gasteiger partial charge in [0.05, 0.1) is 6.04 Å². The molecule has 2 saturated carbocycles. The van der Waals surface area contributed by atoms with Crippen molar-refractivity contribution in [3.63, 3.8) is 0 Å². The van der Waals surface area contributed by atoms with Crippen LogP contribution in [-0.2, 0) is 10.2 Å². The molecule has 2 aliphatic carbocycles. The van der Waals surface area contributed by atoms with E-state index >= 15 is 0 Å². The summed E-state index contributed by atoms with van der Waals surface area (Å²) in [4.78, 5) is 16.2. The van der Waals surface area contributed by atoms with E-state index in [0.717, 1.165) is 44.7 Å². The van der Waals surface area contributed by atoms with Crippen LogP contribution in [0.5, 0.6) is 0 Å². The number of likely N-dealkylation sites (tertiary alicyclic amines) is 1. The SMILES string of the molecule is CC1(c2cccs2)CCC2(CC1)CN(CCC1CC1)C(=O)C2N. The zero-order valence-electron chi connectivity index (χ0n) is 14.1. The van der Waals surface area contributed by atoms with Gasteiger partial charge in [-0.05, 0) is 49.5 Å². The molecule has 1 atom stereocenters. The molecule has 1 amide bonds. The van der Waals surface area contributed by atoms with Crippen molar-refractivity contribution < 1.29 is 4.79 Å². The Morgan fingerprint density at radius 3 is 2.65 bits per heavy atom. The second kappa shape index (κ2) is 5.59. The Bertz CT molecular complexity index is 570. The highest BCUT2D eigenvalue weighted by atomic mass is 32.1. The molecule has 126 valence electrons. The van der Waals surface area contributed by atoms with Crippen molar-refractivity contribution in [3.8, 4) is 0 Å². The van der Waals surface area contributed by atoms with Crippen molar-refractivity contribution in [2.75, 3.05) is 13.1 Å². The summed E-state index contributed by atoms with van der Waals surface area (Å²) in [6.07, 6.45) is 8.40. The first-order valence-electron chi connectivity index (χ1n) is 9.11. The number of carbonyl (C=O) groups is 1. The fourth-order valence-corrected chi connectivity index (χ4v) is 5.54. The van der Waals surface area contributed by atoms with E-state index in [4.69, 9.17) is 5.73 Å². The van der Waals surface area contributed by atoms with Crippen LogP contribution in [0, 0.1) is 11.3 Å². The zero-order valence-corrected chi connectivity index (χ0v) is 14.9. The van der Waals surface area contributed by atoms with Crippen LogP contribution in [0.15, 0.2) is 17.5 Å². The Balaban J connectivity index is 1.44. The number of carbonyl (C=O) groups excluding carboxylic acids is 1. The molecule has 1 aromatic heterocycles. The van der Waals surface area contributed by atoms with E-state index in [1.165, 1.54) is 24.1 Å². The molecule has 0 bridgehead atoms. The maximum atomic E-state index is 12.6. The summed E-state index contributed by atoms with van der Waals surface area (Å²) in [6, 6.07) is 4.15. The van der Waals surface area contributed by atoms with Gasteiger partial charge in [0, 0.05) is 28.8 Å². The molecule has 1 unspecified atom stereocenters. The van der Waals surface area contributed by atoms with Crippen LogP contribution in [0.3, 0.4) is 0 Å². The number of amides is 1. The fraction of sp³-hybridized carbons (Fsp3) is 0.737. The third-order valence-corrected chi connectivity index (χ3v) is 7.89. The number of hydrogen-bond donors (Lipinski definition) is 1. The van der Waals surface area contributed by atoms with Gasteiger partial charge in [0.15, 0.2) is 0 Å². The van der Waals surface area contributed by atoms with E-state index in [1.807, 2.05) is 11.3 Å². The third kappa shape index (κ3) is 2.74. The highest BCUT2D eigenvalue weighted by Crippen LogP contribution is 2.51. The number of nitrogens with zero attached hydrogens (tertiary/aromatic N) is 1. The first-order chi connectivity index (χ1) is 11.0. The molecule has 1 aliphatic heterocycles. The lowest BCUT2D eigenvalue weighted by atomic mass is 9.62. The molecular formula is C19H28N2OS. The summed E-state index contributed by atoms with van der Waals surface area (Å²) >= 11 is 1.87. The number of nitrogens with two attached hydrogens (primary N) is 1. The minimum absolute atomic E-state index is 0.0391. The second-order valence-corrected chi connectivity index (χ2v) is 9.32. The lowest BCUT2D eigenvalue weighted by Crippen LogP contribution is -2.47. The lowest BCUT2D eigenvalue weighted by molar-refractivity contribution is -0.129. The molecule has 1 saturated heterocycles. The van der Waals surface area contributed by atoms with Crippen LogP contribution in [0.2, 0.25) is 0 Å². The highest BCUT2D eigenvalue weighted by molar-refractivity contribution is 7.10. The van der Waals surface area contributed by atoms with E-state index in [9.17, 15) is 4.79 Å². The highest BCUT2D eigenvalue weighted by Gasteiger charge is 2.53. The fourth-order valence-electron chi connectivity index (χ4n) is 4.59. The minimum atomic E-state index is -0.269. The van der Waals surface area contributed by atoms with Gasteiger partial charge in [-0.1, -0.05) is 25.8 Å². The average molecular weight is 333 g/mol. The molecular weight excluding hydrogens is 304 g/mol. The van der Waals surface area contributed by atoms with Gasteiger partial charge in [0.25, 0.3) is 0 Å². The summed E-state index contributed by atoms with van der Waals surface area (Å²) in [6.45, 7) is 4.22. The van der Waals surface area contributed by atoms with Crippen molar-refractivity contribution in [2.45, 2.75) is 63.3 Å². The summed E-state index contributed by atoms with van der Waals surface area (Å²) in [5.41, 5.74) is 6.74. The third-order valence-electron chi connectivity index (χ3n) is 6.71. The number of thiophene rings is 1. The largest absolute Gasteiger partial charge is 0.341 e. The van der Waals surface area contributed by atoms with E-state index < -0.39 is 0 Å². The first kappa shape index (κ1) is 15.6. The van der Waals surface area contributed by atoms with Gasteiger partial charge >= 0.3 is 0 Å². The quantitative estimate of drug-likeness (QED) is 0.917. The maximum Gasteiger partial charge on any atom is 0.240 e. The number of hydrogen-bond acceptors (Lipinski definition) is 3. The summed E-state index contributed by atoms with van der Waals surface area (Å²) in [5, 5.41) is 2.18. The predicted molar refractivity (Wildman–Crippen MR) is 94.5 cm³/mol. The normalized spacial score (nSPS) is 37.7. The van der Waals surface area contributed by atoms with Crippen LogP contribution < -0.4 is 5.73 Å². The average Bonchev–Trinajstić information content (AvgIpc) is 3.15. The predicted octanol–water partition coefficient (Wildman–Crippen LogP) is 3.54. The van der Waals surface area contributed by atoms with Crippen LogP contribution in [0.4, 0.5) is 0 Å². The first-order valence-corrected chi connectivity index (χ1v) is 9.99. The minimum Gasteiger partial charge on any atom is -0.341 e. The Labute approximate surface area is 143 Å². The van der Waals surface area contributed by atoms with Gasteiger partial charge in [-0.3, -0.25) is 4.79 Å². The van der Waals surface area contributed by atoms with Gasteiger partial charge in [-0.25, -0.2) is 0 Å². The molecule has 3 aliphatic rings. The Kier molecular flexibility index (Phi) is 3.80. The monoisotopic (exact) mass is 332 g/mol. The van der Waals surface area contributed by atoms with Gasteiger partial charge in [0.2, 0.25) is 5.91 Å². The lowest BCUT2D eigenvalue weighted by Gasteiger charge is -2.44. The standard InChI is InChI=1S/C19H28N2OS/c1-18(15-3-2-12-23-15)7-9-19(10-8-18)13-21(17(22)16(19)20)11-6-14-4-5-14/h2-3,12,14,16H,4-11,13,20H2,1H3. The summed E-state index contributed by atoms with van der Waals surface area (Å²) in [5.74, 6) is 1.09. The molecule has 1 aromatic rings. The van der Waals surface area contributed by atoms with E-state index in [0.29, 0.717) is 0 Å². The van der Waals surface area contributed by atoms with Crippen molar-refractivity contribution in [1.82, 2.24) is 4.90 Å².